The van der Waals surface area contributed by atoms with E-state index in [1.165, 1.54) is 29.7 Å². The summed E-state index contributed by atoms with van der Waals surface area (Å²) in [6.45, 7) is 7.75. The second kappa shape index (κ2) is 19.4. The number of nitrogens with zero attached hydrogens (tertiary/aromatic N) is 2. The molecule has 1 aromatic carbocycles. The van der Waals surface area contributed by atoms with Gasteiger partial charge in [-0.1, -0.05) is 92.7 Å². The molecule has 2 heterocycles. The summed E-state index contributed by atoms with van der Waals surface area (Å²) in [5.74, 6) is 3.20. The monoisotopic (exact) mass is 550 g/mol. The van der Waals surface area contributed by atoms with E-state index in [1.54, 1.807) is 0 Å². The molecule has 6 heteroatoms. The number of hydrogen-bond donors (Lipinski definition) is 0. The van der Waals surface area contributed by atoms with Gasteiger partial charge in [0.25, 0.3) is 0 Å². The van der Waals surface area contributed by atoms with E-state index in [2.05, 4.69) is 79.6 Å². The van der Waals surface area contributed by atoms with Crippen molar-refractivity contribution in [3.8, 4) is 12.8 Å². The molecule has 2 aliphatic heterocycles. The first-order valence-electron chi connectivity index (χ1n) is 14.3. The Morgan fingerprint density at radius 3 is 2.56 bits per heavy atom. The smallest absolute Gasteiger partial charge is 0.416 e. The Labute approximate surface area is 238 Å². The molecule has 4 atom stereocenters. The molecular formula is C33H47N2O3P. The van der Waals surface area contributed by atoms with Gasteiger partial charge in [0, 0.05) is 13.0 Å². The largest absolute Gasteiger partial charge is 0.447 e. The zero-order chi connectivity index (χ0) is 28.3. The first-order chi connectivity index (χ1) is 19.1. The Morgan fingerprint density at radius 1 is 1.15 bits per heavy atom. The van der Waals surface area contributed by atoms with Crippen molar-refractivity contribution in [2.75, 3.05) is 32.9 Å². The first kappa shape index (κ1) is 32.5. The van der Waals surface area contributed by atoms with E-state index in [0.29, 0.717) is 24.9 Å². The maximum atomic E-state index is 12.8. The quantitative estimate of drug-likeness (QED) is 0.164. The molecule has 0 radical (unpaired) electrons. The number of likely N-dealkylation sites (tertiary alicyclic amines) is 1. The third kappa shape index (κ3) is 12.8. The Kier molecular flexibility index (Phi) is 16.2. The molecule has 2 amide bonds. The molecule has 1 aliphatic carbocycles. The number of benzene rings is 1. The average Bonchev–Trinajstić information content (AvgIpc) is 3.80. The Hall–Kier alpha value is -2.67. The lowest BCUT2D eigenvalue weighted by atomic mass is 9.86. The highest BCUT2D eigenvalue weighted by molar-refractivity contribution is 7.40. The van der Waals surface area contributed by atoms with Crippen molar-refractivity contribution in [3.05, 3.63) is 66.0 Å². The second-order valence-corrected chi connectivity index (χ2v) is 11.2. The molecule has 3 aliphatic rings. The summed E-state index contributed by atoms with van der Waals surface area (Å²) >= 11 is 0. The van der Waals surface area contributed by atoms with E-state index in [1.807, 2.05) is 18.2 Å². The number of amides is 2. The predicted molar refractivity (Wildman–Crippen MR) is 166 cm³/mol. The molecule has 3 fully saturated rings. The fourth-order valence-corrected chi connectivity index (χ4v) is 5.01. The number of ether oxygens (including phenoxy) is 1. The minimum absolute atomic E-state index is 0.0997. The van der Waals surface area contributed by atoms with Crippen molar-refractivity contribution in [1.29, 1.82) is 0 Å². The van der Waals surface area contributed by atoms with E-state index < -0.39 is 6.09 Å². The Morgan fingerprint density at radius 2 is 1.90 bits per heavy atom. The van der Waals surface area contributed by atoms with Crippen LogP contribution in [0.25, 0.3) is 6.08 Å². The average molecular weight is 551 g/mol. The number of hydrogen-bond acceptors (Lipinski definition) is 4. The van der Waals surface area contributed by atoms with Crippen LogP contribution in [0.4, 0.5) is 4.79 Å². The Bertz CT molecular complexity index is 951. The molecule has 1 saturated carbocycles. The lowest BCUT2D eigenvalue weighted by Crippen LogP contribution is -2.41. The molecule has 0 spiro atoms. The SMILES string of the molecule is C#C.C1CC1.CP/C=C\C=C/CC[C@@H]1COC(=O)N1C(=O)CCCN1CC[C@@H](/C=C\c2ccccc2)[C@@H](C)C1. The van der Waals surface area contributed by atoms with Gasteiger partial charge in [0.1, 0.15) is 6.61 Å². The molecule has 0 N–H and O–H groups in total. The van der Waals surface area contributed by atoms with Crippen molar-refractivity contribution in [2.24, 2.45) is 11.8 Å². The van der Waals surface area contributed by atoms with Crippen LogP contribution in [0.1, 0.15) is 63.9 Å². The lowest BCUT2D eigenvalue weighted by molar-refractivity contribution is -0.129. The third-order valence-electron chi connectivity index (χ3n) is 7.02. The van der Waals surface area contributed by atoms with Crippen molar-refractivity contribution in [2.45, 2.75) is 64.3 Å². The van der Waals surface area contributed by atoms with E-state index in [9.17, 15) is 9.59 Å². The van der Waals surface area contributed by atoms with Gasteiger partial charge in [0.15, 0.2) is 0 Å². The number of carbonyl (C=O) groups is 2. The van der Waals surface area contributed by atoms with Crippen LogP contribution in [0.2, 0.25) is 0 Å². The summed E-state index contributed by atoms with van der Waals surface area (Å²) in [6.07, 6.45) is 26.6. The molecule has 1 unspecified atom stereocenters. The van der Waals surface area contributed by atoms with Crippen LogP contribution >= 0.6 is 8.58 Å². The topological polar surface area (TPSA) is 49.9 Å². The van der Waals surface area contributed by atoms with Crippen molar-refractivity contribution in [1.82, 2.24) is 9.80 Å². The number of terminal acetylenes is 1. The van der Waals surface area contributed by atoms with Gasteiger partial charge in [0.05, 0.1) is 6.04 Å². The summed E-state index contributed by atoms with van der Waals surface area (Å²) in [5, 5.41) is 0. The molecule has 1 aromatic rings. The van der Waals surface area contributed by atoms with E-state index in [0.717, 1.165) is 53.9 Å². The summed E-state index contributed by atoms with van der Waals surface area (Å²) in [6, 6.07) is 10.3. The highest BCUT2D eigenvalue weighted by atomic mass is 31.1. The highest BCUT2D eigenvalue weighted by Crippen LogP contribution is 2.26. The van der Waals surface area contributed by atoms with Crippen molar-refractivity contribution >= 4 is 26.7 Å². The molecule has 2 saturated heterocycles. The molecule has 0 bridgehead atoms. The van der Waals surface area contributed by atoms with Crippen LogP contribution in [0.3, 0.4) is 0 Å². The van der Waals surface area contributed by atoms with Crippen LogP contribution < -0.4 is 0 Å². The van der Waals surface area contributed by atoms with Gasteiger partial charge in [-0.25, -0.2) is 9.69 Å². The third-order valence-corrected chi connectivity index (χ3v) is 7.54. The normalized spacial score (nSPS) is 23.1. The maximum absolute atomic E-state index is 12.8. The fraction of sp³-hybridized carbons (Fsp3) is 0.515. The minimum atomic E-state index is -0.481. The molecule has 0 aromatic heterocycles. The predicted octanol–water partition coefficient (Wildman–Crippen LogP) is 7.36. The summed E-state index contributed by atoms with van der Waals surface area (Å²) < 4.78 is 5.18. The van der Waals surface area contributed by atoms with Gasteiger partial charge in [0.2, 0.25) is 5.91 Å². The number of carbonyl (C=O) groups excluding carboxylic acids is 2. The fourth-order valence-electron chi connectivity index (χ4n) is 4.71. The second-order valence-electron chi connectivity index (χ2n) is 10.3. The summed E-state index contributed by atoms with van der Waals surface area (Å²) in [7, 11) is 0.801. The molecule has 212 valence electrons. The molecule has 4 rings (SSSR count). The van der Waals surface area contributed by atoms with Gasteiger partial charge in [-0.2, -0.15) is 0 Å². The Balaban J connectivity index is 0.000000975. The zero-order valence-electron chi connectivity index (χ0n) is 23.8. The van der Waals surface area contributed by atoms with Crippen molar-refractivity contribution < 1.29 is 14.3 Å². The van der Waals surface area contributed by atoms with Gasteiger partial charge in [-0.05, 0) is 62.8 Å². The first-order valence-corrected chi connectivity index (χ1v) is 15.9. The lowest BCUT2D eigenvalue weighted by Gasteiger charge is -2.35. The number of imide groups is 1. The molecular weight excluding hydrogens is 503 g/mol. The number of rotatable bonds is 11. The number of allylic oxidation sites excluding steroid dienone is 4. The van der Waals surface area contributed by atoms with Crippen LogP contribution in [0.5, 0.6) is 0 Å². The van der Waals surface area contributed by atoms with Gasteiger partial charge in [-0.15, -0.1) is 21.4 Å². The maximum Gasteiger partial charge on any atom is 0.416 e. The van der Waals surface area contributed by atoms with Crippen LogP contribution in [-0.4, -0.2) is 60.7 Å². The van der Waals surface area contributed by atoms with Crippen LogP contribution in [0.15, 0.2) is 60.5 Å². The standard InChI is InChI=1S/C28H39N2O3P.C3H6.C2H2/c1-23-21-29(19-17-25(23)16-15-24-11-6-5-7-12-24)18-10-14-27(31)30-26(22-33-28(30)32)13-8-3-4-9-20-34-2;1-2-3-1;1-2/h3-7,9,11-12,15-16,20,23,25-26,34H,8,10,13-14,17-19,21-22H2,1-2H3;1-3H2;1-2H/b4-3-,16-15-,20-9-;;/t23-,25+,26+;;/m0../s1. The highest BCUT2D eigenvalue weighted by Gasteiger charge is 2.37. The van der Waals surface area contributed by atoms with E-state index >= 15 is 0 Å². The van der Waals surface area contributed by atoms with E-state index in [4.69, 9.17) is 4.74 Å². The van der Waals surface area contributed by atoms with Crippen LogP contribution in [0, 0.1) is 24.7 Å². The van der Waals surface area contributed by atoms with Crippen LogP contribution in [-0.2, 0) is 9.53 Å². The molecule has 39 heavy (non-hydrogen) atoms. The van der Waals surface area contributed by atoms with E-state index in [-0.39, 0.29) is 11.9 Å². The zero-order valence-corrected chi connectivity index (χ0v) is 24.8. The molecule has 5 nitrogen and oxygen atoms in total. The number of piperidine rings is 1. The summed E-state index contributed by atoms with van der Waals surface area (Å²) in [4.78, 5) is 28.8. The number of cyclic esters (lactones) is 1. The van der Waals surface area contributed by atoms with Gasteiger partial charge >= 0.3 is 6.09 Å². The van der Waals surface area contributed by atoms with Gasteiger partial charge in [-0.3, -0.25) is 4.79 Å². The summed E-state index contributed by atoms with van der Waals surface area (Å²) in [5.41, 5.74) is 1.25. The van der Waals surface area contributed by atoms with Gasteiger partial charge < -0.3 is 9.64 Å². The van der Waals surface area contributed by atoms with Crippen molar-refractivity contribution in [3.63, 3.8) is 0 Å². The minimum Gasteiger partial charge on any atom is -0.447 e.